The summed E-state index contributed by atoms with van der Waals surface area (Å²) in [5.74, 6) is -1.13. The lowest BCUT2D eigenvalue weighted by molar-refractivity contribution is 0.0691. The molecule has 19 heavy (non-hydrogen) atoms. The summed E-state index contributed by atoms with van der Waals surface area (Å²) in [4.78, 5) is 15.3. The third-order valence-corrected chi connectivity index (χ3v) is 2.62. The summed E-state index contributed by atoms with van der Waals surface area (Å²) in [5, 5.41) is 25.4. The van der Waals surface area contributed by atoms with Crippen LogP contribution in [0.25, 0.3) is 11.4 Å². The largest absolute Gasteiger partial charge is 0.476 e. The van der Waals surface area contributed by atoms with Crippen LogP contribution >= 0.6 is 0 Å². The Hall–Kier alpha value is -2.28. The van der Waals surface area contributed by atoms with Crippen molar-refractivity contribution in [3.63, 3.8) is 0 Å². The van der Waals surface area contributed by atoms with E-state index in [9.17, 15) is 4.79 Å². The van der Waals surface area contributed by atoms with Crippen molar-refractivity contribution in [1.29, 1.82) is 0 Å². The number of aliphatic hydroxyl groups is 1. The van der Waals surface area contributed by atoms with E-state index in [1.807, 2.05) is 0 Å². The molecule has 2 aromatic rings. The van der Waals surface area contributed by atoms with E-state index in [0.29, 0.717) is 30.8 Å². The van der Waals surface area contributed by atoms with Crippen LogP contribution in [0.3, 0.4) is 0 Å². The van der Waals surface area contributed by atoms with Gasteiger partial charge in [-0.2, -0.15) is 0 Å². The number of aliphatic hydroxyl groups excluding tert-OH is 1. The van der Waals surface area contributed by atoms with Gasteiger partial charge in [0.05, 0.1) is 5.69 Å². The number of aryl methyl sites for hydroxylation is 1. The maximum atomic E-state index is 11.2. The van der Waals surface area contributed by atoms with E-state index < -0.39 is 5.97 Å². The maximum Gasteiger partial charge on any atom is 0.358 e. The number of carbonyl (C=O) groups is 1. The highest BCUT2D eigenvalue weighted by Gasteiger charge is 2.20. The Kier molecular flexibility index (Phi) is 4.19. The summed E-state index contributed by atoms with van der Waals surface area (Å²) in [7, 11) is 0. The number of rotatable bonds is 6. The minimum absolute atomic E-state index is 0.0966. The average Bonchev–Trinajstić information content (AvgIpc) is 2.84. The zero-order chi connectivity index (χ0) is 13.7. The van der Waals surface area contributed by atoms with Gasteiger partial charge in [0.2, 0.25) is 0 Å². The predicted octanol–water partition coefficient (Wildman–Crippen LogP) is 0.811. The Morgan fingerprint density at radius 3 is 2.79 bits per heavy atom. The maximum absolute atomic E-state index is 11.2. The lowest BCUT2D eigenvalue weighted by atomic mass is 10.2. The molecule has 0 atom stereocenters. The van der Waals surface area contributed by atoms with Gasteiger partial charge in [-0.1, -0.05) is 11.3 Å². The molecule has 0 radical (unpaired) electrons. The van der Waals surface area contributed by atoms with Crippen molar-refractivity contribution in [1.82, 2.24) is 20.0 Å². The highest BCUT2D eigenvalue weighted by atomic mass is 16.4. The fourth-order valence-corrected chi connectivity index (χ4v) is 1.74. The second-order valence-corrected chi connectivity index (χ2v) is 3.96. The van der Waals surface area contributed by atoms with Crippen LogP contribution in [-0.4, -0.2) is 42.8 Å². The third-order valence-electron chi connectivity index (χ3n) is 2.62. The van der Waals surface area contributed by atoms with Crippen molar-refractivity contribution in [2.45, 2.75) is 19.4 Å². The van der Waals surface area contributed by atoms with Crippen LogP contribution in [-0.2, 0) is 6.54 Å². The second kappa shape index (κ2) is 6.05. The molecule has 2 heterocycles. The van der Waals surface area contributed by atoms with Crippen LogP contribution in [0.1, 0.15) is 23.3 Å². The standard InChI is InChI=1S/C12H14N4O3/c17-8-4-3-7-16-11(9-5-1-2-6-13-9)10(12(18)19)14-15-16/h1-2,5-6,17H,3-4,7-8H2,(H,18,19). The van der Waals surface area contributed by atoms with E-state index in [-0.39, 0.29) is 12.3 Å². The van der Waals surface area contributed by atoms with Gasteiger partial charge in [-0.15, -0.1) is 5.10 Å². The van der Waals surface area contributed by atoms with Crippen molar-refractivity contribution in [2.75, 3.05) is 6.61 Å². The van der Waals surface area contributed by atoms with Crippen LogP contribution in [0.5, 0.6) is 0 Å². The Morgan fingerprint density at radius 2 is 2.16 bits per heavy atom. The molecule has 0 unspecified atom stereocenters. The molecule has 0 amide bonds. The van der Waals surface area contributed by atoms with Gasteiger partial charge in [-0.25, -0.2) is 9.48 Å². The van der Waals surface area contributed by atoms with Crippen LogP contribution in [0.15, 0.2) is 24.4 Å². The first-order chi connectivity index (χ1) is 9.24. The normalized spacial score (nSPS) is 10.6. The van der Waals surface area contributed by atoms with E-state index in [4.69, 9.17) is 10.2 Å². The monoisotopic (exact) mass is 262 g/mol. The molecule has 0 aliphatic carbocycles. The molecule has 0 fully saturated rings. The van der Waals surface area contributed by atoms with Crippen LogP contribution in [0.2, 0.25) is 0 Å². The highest BCUT2D eigenvalue weighted by Crippen LogP contribution is 2.20. The van der Waals surface area contributed by atoms with Gasteiger partial charge in [0, 0.05) is 19.3 Å². The van der Waals surface area contributed by atoms with Gasteiger partial charge in [0.1, 0.15) is 5.69 Å². The smallest absolute Gasteiger partial charge is 0.358 e. The van der Waals surface area contributed by atoms with E-state index in [2.05, 4.69) is 15.3 Å². The van der Waals surface area contributed by atoms with Crippen molar-refractivity contribution in [2.24, 2.45) is 0 Å². The van der Waals surface area contributed by atoms with E-state index >= 15 is 0 Å². The summed E-state index contributed by atoms with van der Waals surface area (Å²) in [6.07, 6.45) is 2.91. The molecular weight excluding hydrogens is 248 g/mol. The minimum Gasteiger partial charge on any atom is -0.476 e. The van der Waals surface area contributed by atoms with Crippen LogP contribution in [0.4, 0.5) is 0 Å². The number of aromatic carboxylic acids is 1. The predicted molar refractivity (Wildman–Crippen MR) is 66.5 cm³/mol. The molecule has 0 saturated carbocycles. The molecular formula is C12H14N4O3. The molecule has 0 saturated heterocycles. The molecule has 0 aliphatic heterocycles. The number of carboxylic acids is 1. The Bertz CT molecular complexity index is 553. The molecule has 0 aromatic carbocycles. The number of carboxylic acid groups (broad SMARTS) is 1. The zero-order valence-electron chi connectivity index (χ0n) is 10.2. The SMILES string of the molecule is O=C(O)c1nnn(CCCCO)c1-c1ccccn1. The number of pyridine rings is 1. The Balaban J connectivity index is 2.37. The van der Waals surface area contributed by atoms with Crippen molar-refractivity contribution in [3.05, 3.63) is 30.1 Å². The van der Waals surface area contributed by atoms with E-state index in [1.165, 1.54) is 4.68 Å². The fourth-order valence-electron chi connectivity index (χ4n) is 1.74. The Morgan fingerprint density at radius 1 is 1.32 bits per heavy atom. The summed E-state index contributed by atoms with van der Waals surface area (Å²) in [6.45, 7) is 0.589. The zero-order valence-corrected chi connectivity index (χ0v) is 10.2. The Labute approximate surface area is 109 Å². The minimum atomic E-state index is -1.13. The summed E-state index contributed by atoms with van der Waals surface area (Å²) >= 11 is 0. The lowest BCUT2D eigenvalue weighted by Crippen LogP contribution is -2.06. The molecule has 2 N–H and O–H groups in total. The summed E-state index contributed by atoms with van der Waals surface area (Å²) in [6, 6.07) is 5.25. The molecule has 100 valence electrons. The van der Waals surface area contributed by atoms with Crippen molar-refractivity contribution in [3.8, 4) is 11.4 Å². The number of nitrogens with zero attached hydrogens (tertiary/aromatic N) is 4. The van der Waals surface area contributed by atoms with Gasteiger partial charge < -0.3 is 10.2 Å². The third kappa shape index (κ3) is 2.94. The van der Waals surface area contributed by atoms with Crippen LogP contribution < -0.4 is 0 Å². The lowest BCUT2D eigenvalue weighted by Gasteiger charge is -2.05. The first-order valence-electron chi connectivity index (χ1n) is 5.93. The number of hydrogen-bond acceptors (Lipinski definition) is 5. The first-order valence-corrected chi connectivity index (χ1v) is 5.93. The van der Waals surface area contributed by atoms with E-state index in [1.54, 1.807) is 24.4 Å². The molecule has 0 spiro atoms. The second-order valence-electron chi connectivity index (χ2n) is 3.96. The molecule has 0 bridgehead atoms. The van der Waals surface area contributed by atoms with Crippen molar-refractivity contribution >= 4 is 5.97 Å². The molecule has 7 nitrogen and oxygen atoms in total. The van der Waals surface area contributed by atoms with Gasteiger partial charge in [-0.05, 0) is 25.0 Å². The molecule has 7 heteroatoms. The molecule has 0 aliphatic rings. The highest BCUT2D eigenvalue weighted by molar-refractivity contribution is 5.92. The van der Waals surface area contributed by atoms with Gasteiger partial charge in [0.15, 0.2) is 5.69 Å². The first kappa shape index (κ1) is 13.2. The van der Waals surface area contributed by atoms with Gasteiger partial charge in [-0.3, -0.25) is 4.98 Å². The van der Waals surface area contributed by atoms with Gasteiger partial charge in [0.25, 0.3) is 0 Å². The molecule has 2 aromatic heterocycles. The quantitative estimate of drug-likeness (QED) is 0.747. The molecule has 2 rings (SSSR count). The average molecular weight is 262 g/mol. The van der Waals surface area contributed by atoms with E-state index in [0.717, 1.165) is 0 Å². The number of hydrogen-bond donors (Lipinski definition) is 2. The summed E-state index contributed by atoms with van der Waals surface area (Å²) in [5.41, 5.74) is 0.808. The van der Waals surface area contributed by atoms with Crippen LogP contribution in [0, 0.1) is 0 Å². The topological polar surface area (TPSA) is 101 Å². The number of aromatic nitrogens is 4. The summed E-state index contributed by atoms with van der Waals surface area (Å²) < 4.78 is 1.52. The number of unbranched alkanes of at least 4 members (excludes halogenated alkanes) is 1. The van der Waals surface area contributed by atoms with Gasteiger partial charge >= 0.3 is 5.97 Å². The van der Waals surface area contributed by atoms with Crippen molar-refractivity contribution < 1.29 is 15.0 Å². The fraction of sp³-hybridized carbons (Fsp3) is 0.333.